The summed E-state index contributed by atoms with van der Waals surface area (Å²) in [5, 5.41) is 17.7. The van der Waals surface area contributed by atoms with E-state index in [1.165, 1.54) is 0 Å². The molecule has 5 heteroatoms. The van der Waals surface area contributed by atoms with Crippen molar-refractivity contribution in [3.05, 3.63) is 23.9 Å². The van der Waals surface area contributed by atoms with Crippen molar-refractivity contribution >= 4 is 11.6 Å². The highest BCUT2D eigenvalue weighted by Crippen LogP contribution is 2.24. The highest BCUT2D eigenvalue weighted by atomic mass is 16.3. The van der Waals surface area contributed by atoms with E-state index in [9.17, 15) is 5.11 Å². The molecule has 0 saturated carbocycles. The molecule has 0 unspecified atom stereocenters. The molecule has 5 nitrogen and oxygen atoms in total. The number of nitrogens with zero attached hydrogens (tertiary/aromatic N) is 3. The van der Waals surface area contributed by atoms with E-state index in [1.807, 2.05) is 39.0 Å². The van der Waals surface area contributed by atoms with Crippen LogP contribution in [0.25, 0.3) is 5.65 Å². The molecule has 0 bridgehead atoms. The number of hydrogen-bond acceptors (Lipinski definition) is 4. The van der Waals surface area contributed by atoms with Gasteiger partial charge in [0.05, 0.1) is 11.1 Å². The lowest BCUT2D eigenvalue weighted by molar-refractivity contribution is 0.0237. The van der Waals surface area contributed by atoms with Crippen molar-refractivity contribution in [1.29, 1.82) is 0 Å². The number of rotatable bonds is 3. The fourth-order valence-corrected chi connectivity index (χ4v) is 1.52. The van der Waals surface area contributed by atoms with Gasteiger partial charge < -0.3 is 10.4 Å². The van der Waals surface area contributed by atoms with Gasteiger partial charge in [0.25, 0.3) is 0 Å². The molecule has 0 radical (unpaired) electrons. The monoisotopic (exact) mass is 248 g/mol. The van der Waals surface area contributed by atoms with Crippen molar-refractivity contribution in [2.75, 3.05) is 5.32 Å². The van der Waals surface area contributed by atoms with Gasteiger partial charge in [0.15, 0.2) is 5.65 Å². The zero-order chi connectivity index (χ0) is 13.6. The van der Waals surface area contributed by atoms with E-state index < -0.39 is 11.1 Å². The zero-order valence-corrected chi connectivity index (χ0v) is 11.5. The number of aromatic nitrogens is 3. The van der Waals surface area contributed by atoms with Gasteiger partial charge in [0.1, 0.15) is 0 Å². The first-order chi connectivity index (χ1) is 8.21. The fourth-order valence-electron chi connectivity index (χ4n) is 1.52. The molecule has 0 aliphatic heterocycles. The van der Waals surface area contributed by atoms with Crippen molar-refractivity contribution in [3.8, 4) is 0 Å². The van der Waals surface area contributed by atoms with Crippen molar-refractivity contribution < 1.29 is 5.11 Å². The van der Waals surface area contributed by atoms with Crippen LogP contribution in [0, 0.1) is 6.92 Å². The molecule has 0 aliphatic rings. The van der Waals surface area contributed by atoms with Gasteiger partial charge >= 0.3 is 0 Å². The summed E-state index contributed by atoms with van der Waals surface area (Å²) in [5.74, 6) is 0.524. The van der Waals surface area contributed by atoms with Crippen LogP contribution in [0.15, 0.2) is 18.2 Å². The van der Waals surface area contributed by atoms with Crippen LogP contribution in [0.2, 0.25) is 0 Å². The first-order valence-electron chi connectivity index (χ1n) is 6.04. The highest BCUT2D eigenvalue weighted by Gasteiger charge is 2.35. The molecule has 0 amide bonds. The first kappa shape index (κ1) is 12.8. The number of pyridine rings is 1. The van der Waals surface area contributed by atoms with Crippen molar-refractivity contribution in [2.24, 2.45) is 0 Å². The molecule has 0 aliphatic carbocycles. The molecule has 0 saturated heterocycles. The zero-order valence-electron chi connectivity index (χ0n) is 11.5. The molecule has 98 valence electrons. The summed E-state index contributed by atoms with van der Waals surface area (Å²) in [6, 6.07) is 5.83. The minimum atomic E-state index is -0.875. The summed E-state index contributed by atoms with van der Waals surface area (Å²) >= 11 is 0. The van der Waals surface area contributed by atoms with Gasteiger partial charge in [-0.2, -0.15) is 4.98 Å². The summed E-state index contributed by atoms with van der Waals surface area (Å²) < 4.78 is 1.78. The highest BCUT2D eigenvalue weighted by molar-refractivity contribution is 5.45. The Morgan fingerprint density at radius 3 is 2.44 bits per heavy atom. The van der Waals surface area contributed by atoms with Gasteiger partial charge in [-0.05, 0) is 46.8 Å². The Morgan fingerprint density at radius 1 is 1.22 bits per heavy atom. The summed E-state index contributed by atoms with van der Waals surface area (Å²) in [4.78, 5) is 4.40. The van der Waals surface area contributed by atoms with Crippen LogP contribution in [0.1, 0.15) is 33.4 Å². The van der Waals surface area contributed by atoms with Crippen LogP contribution >= 0.6 is 0 Å². The third-order valence-electron chi connectivity index (χ3n) is 3.50. The molecule has 18 heavy (non-hydrogen) atoms. The van der Waals surface area contributed by atoms with Crippen LogP contribution < -0.4 is 5.32 Å². The quantitative estimate of drug-likeness (QED) is 0.872. The lowest BCUT2D eigenvalue weighted by Gasteiger charge is -2.37. The maximum absolute atomic E-state index is 10.1. The SMILES string of the molecule is Cc1cccc2nc(NC(C)(C)C(C)(C)O)nn12. The minimum Gasteiger partial charge on any atom is -0.388 e. The Hall–Kier alpha value is -1.62. The Labute approximate surface area is 107 Å². The Bertz CT molecular complexity index is 566. The molecule has 2 aromatic rings. The molecular formula is C13H20N4O. The van der Waals surface area contributed by atoms with E-state index in [2.05, 4.69) is 15.4 Å². The van der Waals surface area contributed by atoms with Crippen molar-refractivity contribution in [3.63, 3.8) is 0 Å². The molecule has 2 rings (SSSR count). The van der Waals surface area contributed by atoms with E-state index in [1.54, 1.807) is 18.4 Å². The lowest BCUT2D eigenvalue weighted by atomic mass is 9.86. The Balaban J connectivity index is 2.36. The van der Waals surface area contributed by atoms with Gasteiger partial charge in [0.2, 0.25) is 5.95 Å². The Morgan fingerprint density at radius 2 is 1.89 bits per heavy atom. The predicted octanol–water partition coefficient (Wildman–Crippen LogP) is 2.00. The third kappa shape index (κ3) is 2.18. The number of fused-ring (bicyclic) bond motifs is 1. The summed E-state index contributed by atoms with van der Waals surface area (Å²) in [5.41, 5.74) is 0.420. The van der Waals surface area contributed by atoms with Crippen LogP contribution in [0.5, 0.6) is 0 Å². The summed E-state index contributed by atoms with van der Waals surface area (Å²) in [7, 11) is 0. The van der Waals surface area contributed by atoms with E-state index in [0.29, 0.717) is 5.95 Å². The molecular weight excluding hydrogens is 228 g/mol. The van der Waals surface area contributed by atoms with E-state index >= 15 is 0 Å². The molecule has 0 spiro atoms. The van der Waals surface area contributed by atoms with Crippen LogP contribution in [-0.4, -0.2) is 30.8 Å². The van der Waals surface area contributed by atoms with Gasteiger partial charge in [-0.3, -0.25) is 0 Å². The molecule has 0 fully saturated rings. The van der Waals surface area contributed by atoms with Crippen LogP contribution in [0.4, 0.5) is 5.95 Å². The van der Waals surface area contributed by atoms with Crippen molar-refractivity contribution in [2.45, 2.75) is 45.8 Å². The number of hydrogen-bond donors (Lipinski definition) is 2. The second-order valence-corrected chi connectivity index (χ2v) is 5.68. The van der Waals surface area contributed by atoms with E-state index in [4.69, 9.17) is 0 Å². The smallest absolute Gasteiger partial charge is 0.243 e. The molecule has 0 aromatic carbocycles. The molecule has 0 atom stereocenters. The van der Waals surface area contributed by atoms with Crippen LogP contribution in [-0.2, 0) is 0 Å². The topological polar surface area (TPSA) is 62.5 Å². The van der Waals surface area contributed by atoms with Gasteiger partial charge in [0, 0.05) is 5.69 Å². The standard InChI is InChI=1S/C13H20N4O/c1-9-7-6-8-10-14-11(16-17(9)10)15-12(2,3)13(4,5)18/h6-8,18H,1-5H3,(H,15,16). The summed E-state index contributed by atoms with van der Waals surface area (Å²) in [6.45, 7) is 9.35. The van der Waals surface area contributed by atoms with Crippen molar-refractivity contribution in [1.82, 2.24) is 14.6 Å². The number of anilines is 1. The number of nitrogens with one attached hydrogen (secondary N) is 1. The summed E-state index contributed by atoms with van der Waals surface area (Å²) in [6.07, 6.45) is 0. The van der Waals surface area contributed by atoms with Gasteiger partial charge in [-0.1, -0.05) is 6.07 Å². The maximum Gasteiger partial charge on any atom is 0.243 e. The second kappa shape index (κ2) is 3.95. The third-order valence-corrected chi connectivity index (χ3v) is 3.50. The Kier molecular flexibility index (Phi) is 2.81. The van der Waals surface area contributed by atoms with Gasteiger partial charge in [-0.25, -0.2) is 4.52 Å². The minimum absolute atomic E-state index is 0.522. The predicted molar refractivity (Wildman–Crippen MR) is 71.7 cm³/mol. The van der Waals surface area contributed by atoms with E-state index in [0.717, 1.165) is 11.3 Å². The molecule has 2 N–H and O–H groups in total. The number of aryl methyl sites for hydroxylation is 1. The van der Waals surface area contributed by atoms with E-state index in [-0.39, 0.29) is 0 Å². The average Bonchev–Trinajstić information content (AvgIpc) is 2.59. The van der Waals surface area contributed by atoms with Crippen LogP contribution in [0.3, 0.4) is 0 Å². The lowest BCUT2D eigenvalue weighted by Crippen LogP contribution is -2.51. The molecule has 2 aromatic heterocycles. The average molecular weight is 248 g/mol. The largest absolute Gasteiger partial charge is 0.388 e. The number of aliphatic hydroxyl groups is 1. The second-order valence-electron chi connectivity index (χ2n) is 5.68. The van der Waals surface area contributed by atoms with Gasteiger partial charge in [-0.15, -0.1) is 5.10 Å². The molecule has 2 heterocycles. The maximum atomic E-state index is 10.1. The normalized spacial score (nSPS) is 13.0. The first-order valence-corrected chi connectivity index (χ1v) is 6.04. The fraction of sp³-hybridized carbons (Fsp3) is 0.538.